The number of hydrogen-bond acceptors (Lipinski definition) is 3. The van der Waals surface area contributed by atoms with Gasteiger partial charge < -0.3 is 5.73 Å². The van der Waals surface area contributed by atoms with E-state index in [1.165, 1.54) is 10.9 Å². The minimum Gasteiger partial charge on any atom is -0.330 e. The first-order valence-corrected chi connectivity index (χ1v) is 5.38. The number of carbonyl (C=O) groups excluding carboxylic acids is 1. The topological polar surface area (TPSA) is 60.9 Å². The van der Waals surface area contributed by atoms with Gasteiger partial charge in [-0.15, -0.1) is 0 Å². The second-order valence-electron chi connectivity index (χ2n) is 3.60. The minimum atomic E-state index is 0.0114. The first-order valence-electron chi connectivity index (χ1n) is 5.00. The van der Waals surface area contributed by atoms with E-state index in [4.69, 9.17) is 17.3 Å². The molecule has 84 valence electrons. The Balaban J connectivity index is 2.77. The Kier molecular flexibility index (Phi) is 4.29. The van der Waals surface area contributed by atoms with Gasteiger partial charge in [0.2, 0.25) is 0 Å². The van der Waals surface area contributed by atoms with Gasteiger partial charge in [-0.05, 0) is 12.5 Å². The number of rotatable bonds is 5. The fourth-order valence-electron chi connectivity index (χ4n) is 1.48. The lowest BCUT2D eigenvalue weighted by Crippen LogP contribution is -2.19. The van der Waals surface area contributed by atoms with Crippen molar-refractivity contribution in [2.24, 2.45) is 18.7 Å². The lowest BCUT2D eigenvalue weighted by Gasteiger charge is -2.10. The zero-order valence-corrected chi connectivity index (χ0v) is 9.79. The molecule has 1 rings (SSSR count). The highest BCUT2D eigenvalue weighted by molar-refractivity contribution is 6.33. The maximum atomic E-state index is 11.9. The predicted molar refractivity (Wildman–Crippen MR) is 60.0 cm³/mol. The first-order chi connectivity index (χ1) is 7.10. The van der Waals surface area contributed by atoms with Gasteiger partial charge in [0, 0.05) is 13.5 Å². The van der Waals surface area contributed by atoms with Gasteiger partial charge in [0.1, 0.15) is 5.69 Å². The zero-order valence-electron chi connectivity index (χ0n) is 9.03. The molecule has 4 nitrogen and oxygen atoms in total. The zero-order chi connectivity index (χ0) is 11.4. The van der Waals surface area contributed by atoms with Crippen molar-refractivity contribution < 1.29 is 4.79 Å². The molecule has 0 aliphatic heterocycles. The van der Waals surface area contributed by atoms with Gasteiger partial charge in [0.25, 0.3) is 0 Å². The number of halogens is 1. The van der Waals surface area contributed by atoms with Crippen molar-refractivity contribution in [3.8, 4) is 0 Å². The third kappa shape index (κ3) is 2.79. The molecule has 1 aromatic heterocycles. The Morgan fingerprint density at radius 3 is 2.80 bits per heavy atom. The molecule has 0 saturated carbocycles. The predicted octanol–water partition coefficient (Wildman–Crippen LogP) is 1.63. The van der Waals surface area contributed by atoms with Crippen LogP contribution in [0, 0.1) is 5.92 Å². The Morgan fingerprint density at radius 1 is 1.73 bits per heavy atom. The number of aryl methyl sites for hydroxylation is 1. The Bertz CT molecular complexity index is 325. The molecular weight excluding hydrogens is 214 g/mol. The molecule has 1 atom stereocenters. The minimum absolute atomic E-state index is 0.0114. The van der Waals surface area contributed by atoms with Gasteiger partial charge in [0.15, 0.2) is 5.78 Å². The van der Waals surface area contributed by atoms with Crippen LogP contribution in [-0.2, 0) is 7.05 Å². The van der Waals surface area contributed by atoms with E-state index in [2.05, 4.69) is 5.10 Å². The Hall–Kier alpha value is -0.870. The van der Waals surface area contributed by atoms with E-state index in [0.29, 0.717) is 23.7 Å². The summed E-state index contributed by atoms with van der Waals surface area (Å²) in [7, 11) is 1.71. The number of aromatic nitrogens is 2. The van der Waals surface area contributed by atoms with Gasteiger partial charge in [-0.25, -0.2) is 0 Å². The first kappa shape index (κ1) is 12.2. The number of hydrogen-bond donors (Lipinski definition) is 1. The van der Waals surface area contributed by atoms with Crippen LogP contribution in [0.4, 0.5) is 0 Å². The molecule has 1 aromatic rings. The summed E-state index contributed by atoms with van der Waals surface area (Å²) in [5.41, 5.74) is 6.03. The average Bonchev–Trinajstić information content (AvgIpc) is 2.55. The molecule has 0 fully saturated rings. The van der Waals surface area contributed by atoms with Gasteiger partial charge in [0.05, 0.1) is 11.2 Å². The summed E-state index contributed by atoms with van der Waals surface area (Å²) >= 11 is 5.87. The standard InChI is InChI=1S/C10H16ClN3O/c1-3-7(5-12)4-9(15)10-8(11)6-13-14(10)2/h6-7H,3-5,12H2,1-2H3. The van der Waals surface area contributed by atoms with Crippen LogP contribution >= 0.6 is 11.6 Å². The smallest absolute Gasteiger partial charge is 0.182 e. The van der Waals surface area contributed by atoms with Crippen molar-refractivity contribution in [1.82, 2.24) is 9.78 Å². The summed E-state index contributed by atoms with van der Waals surface area (Å²) in [6, 6.07) is 0. The van der Waals surface area contributed by atoms with Crippen molar-refractivity contribution in [2.75, 3.05) is 6.54 Å². The quantitative estimate of drug-likeness (QED) is 0.781. The number of ketones is 1. The summed E-state index contributed by atoms with van der Waals surface area (Å²) < 4.78 is 1.51. The van der Waals surface area contributed by atoms with Gasteiger partial charge in [-0.3, -0.25) is 9.48 Å². The summed E-state index contributed by atoms with van der Waals surface area (Å²) in [4.78, 5) is 11.9. The van der Waals surface area contributed by atoms with Crippen LogP contribution < -0.4 is 5.73 Å². The molecule has 5 heteroatoms. The van der Waals surface area contributed by atoms with Crippen molar-refractivity contribution in [2.45, 2.75) is 19.8 Å². The van der Waals surface area contributed by atoms with E-state index in [1.807, 2.05) is 6.92 Å². The monoisotopic (exact) mass is 229 g/mol. The fourth-order valence-corrected chi connectivity index (χ4v) is 1.75. The molecule has 0 aromatic carbocycles. The van der Waals surface area contributed by atoms with E-state index in [1.54, 1.807) is 7.05 Å². The van der Waals surface area contributed by atoms with Crippen molar-refractivity contribution in [3.05, 3.63) is 16.9 Å². The molecule has 2 N–H and O–H groups in total. The molecule has 0 radical (unpaired) electrons. The normalized spacial score (nSPS) is 12.8. The number of carbonyl (C=O) groups is 1. The van der Waals surface area contributed by atoms with E-state index >= 15 is 0 Å². The second kappa shape index (κ2) is 5.28. The molecule has 0 aliphatic rings. The SMILES string of the molecule is CCC(CN)CC(=O)c1c(Cl)cnn1C. The van der Waals surface area contributed by atoms with Crippen LogP contribution in [0.2, 0.25) is 5.02 Å². The van der Waals surface area contributed by atoms with Gasteiger partial charge >= 0.3 is 0 Å². The fraction of sp³-hybridized carbons (Fsp3) is 0.600. The van der Waals surface area contributed by atoms with Crippen LogP contribution in [-0.4, -0.2) is 22.1 Å². The van der Waals surface area contributed by atoms with Crippen LogP contribution in [0.15, 0.2) is 6.20 Å². The molecule has 1 unspecified atom stereocenters. The molecule has 0 amide bonds. The molecule has 0 spiro atoms. The highest BCUT2D eigenvalue weighted by atomic mass is 35.5. The van der Waals surface area contributed by atoms with E-state index < -0.39 is 0 Å². The Morgan fingerprint density at radius 2 is 2.40 bits per heavy atom. The third-order valence-corrected chi connectivity index (χ3v) is 2.82. The van der Waals surface area contributed by atoms with E-state index in [-0.39, 0.29) is 11.7 Å². The van der Waals surface area contributed by atoms with Crippen molar-refractivity contribution in [1.29, 1.82) is 0 Å². The maximum absolute atomic E-state index is 11.9. The maximum Gasteiger partial charge on any atom is 0.182 e. The molecule has 0 bridgehead atoms. The summed E-state index contributed by atoms with van der Waals surface area (Å²) in [6.45, 7) is 2.55. The van der Waals surface area contributed by atoms with Gasteiger partial charge in [-0.2, -0.15) is 5.10 Å². The van der Waals surface area contributed by atoms with Crippen LogP contribution in [0.25, 0.3) is 0 Å². The van der Waals surface area contributed by atoms with Gasteiger partial charge in [-0.1, -0.05) is 24.9 Å². The molecule has 15 heavy (non-hydrogen) atoms. The highest BCUT2D eigenvalue weighted by Crippen LogP contribution is 2.18. The molecular formula is C10H16ClN3O. The molecule has 0 saturated heterocycles. The van der Waals surface area contributed by atoms with Crippen LogP contribution in [0.5, 0.6) is 0 Å². The number of nitrogens with two attached hydrogens (primary N) is 1. The summed E-state index contributed by atoms with van der Waals surface area (Å²) in [6.07, 6.45) is 2.82. The largest absolute Gasteiger partial charge is 0.330 e. The summed E-state index contributed by atoms with van der Waals surface area (Å²) in [5.74, 6) is 0.237. The van der Waals surface area contributed by atoms with Crippen LogP contribution in [0.1, 0.15) is 30.3 Å². The third-order valence-electron chi connectivity index (χ3n) is 2.54. The second-order valence-corrected chi connectivity index (χ2v) is 4.01. The summed E-state index contributed by atoms with van der Waals surface area (Å²) in [5, 5.41) is 4.34. The lowest BCUT2D eigenvalue weighted by molar-refractivity contribution is 0.0952. The lowest BCUT2D eigenvalue weighted by atomic mass is 9.98. The van der Waals surface area contributed by atoms with E-state index in [0.717, 1.165) is 6.42 Å². The molecule has 1 heterocycles. The van der Waals surface area contributed by atoms with Crippen molar-refractivity contribution >= 4 is 17.4 Å². The Labute approximate surface area is 94.4 Å². The highest BCUT2D eigenvalue weighted by Gasteiger charge is 2.18. The van der Waals surface area contributed by atoms with Crippen LogP contribution in [0.3, 0.4) is 0 Å². The number of nitrogens with zero attached hydrogens (tertiary/aromatic N) is 2. The number of Topliss-reactive ketones (excluding diaryl/α,β-unsaturated/α-hetero) is 1. The van der Waals surface area contributed by atoms with Crippen molar-refractivity contribution in [3.63, 3.8) is 0 Å². The molecule has 0 aliphatic carbocycles. The van der Waals surface area contributed by atoms with E-state index in [9.17, 15) is 4.79 Å². The average molecular weight is 230 g/mol.